The number of fused-ring (bicyclic) bond motifs is 1. The van der Waals surface area contributed by atoms with Gasteiger partial charge >= 0.3 is 0 Å². The molecule has 0 bridgehead atoms. The molecule has 0 unspecified atom stereocenters. The molecule has 31 heavy (non-hydrogen) atoms. The Balaban J connectivity index is 1.62. The highest BCUT2D eigenvalue weighted by molar-refractivity contribution is 7.91. The number of sulfone groups is 1. The lowest BCUT2D eigenvalue weighted by molar-refractivity contribution is 0.586. The molecule has 0 radical (unpaired) electrons. The van der Waals surface area contributed by atoms with Gasteiger partial charge in [-0.2, -0.15) is 0 Å². The molecular formula is C22H30N6O2S. The molecule has 0 spiro atoms. The first-order valence-corrected chi connectivity index (χ1v) is 12.0. The monoisotopic (exact) mass is 442 g/mol. The molecule has 0 saturated carbocycles. The molecule has 2 aromatic heterocycles. The lowest BCUT2D eigenvalue weighted by atomic mass is 9.87. The largest absolute Gasteiger partial charge is 0.357 e. The molecule has 166 valence electrons. The molecule has 0 atom stereocenters. The van der Waals surface area contributed by atoms with E-state index in [9.17, 15) is 8.42 Å². The van der Waals surface area contributed by atoms with E-state index in [1.165, 1.54) is 0 Å². The normalized spacial score (nSPS) is 12.8. The number of guanidine groups is 1. The van der Waals surface area contributed by atoms with Gasteiger partial charge in [-0.15, -0.1) is 10.2 Å². The van der Waals surface area contributed by atoms with Gasteiger partial charge in [0.15, 0.2) is 27.3 Å². The van der Waals surface area contributed by atoms with Crippen molar-refractivity contribution in [2.45, 2.75) is 44.6 Å². The minimum Gasteiger partial charge on any atom is -0.357 e. The van der Waals surface area contributed by atoms with Crippen molar-refractivity contribution in [3.05, 3.63) is 60.0 Å². The number of nitrogens with zero attached hydrogens (tertiary/aromatic N) is 4. The number of aliphatic imine (C=N–C) groups is 1. The van der Waals surface area contributed by atoms with Gasteiger partial charge in [0.05, 0.1) is 10.6 Å². The maximum absolute atomic E-state index is 12.7. The second-order valence-electron chi connectivity index (χ2n) is 8.26. The van der Waals surface area contributed by atoms with Crippen molar-refractivity contribution < 1.29 is 8.42 Å². The first-order chi connectivity index (χ1) is 14.7. The van der Waals surface area contributed by atoms with Crippen LogP contribution in [-0.4, -0.2) is 47.8 Å². The summed E-state index contributed by atoms with van der Waals surface area (Å²) in [5.41, 5.74) is 1.85. The van der Waals surface area contributed by atoms with E-state index in [2.05, 4.69) is 46.6 Å². The summed E-state index contributed by atoms with van der Waals surface area (Å²) < 4.78 is 27.3. The molecule has 1 aromatic carbocycles. The number of hydrogen-bond donors (Lipinski definition) is 2. The van der Waals surface area contributed by atoms with Gasteiger partial charge in [-0.05, 0) is 42.2 Å². The molecule has 2 N–H and O–H groups in total. The maximum atomic E-state index is 12.7. The molecule has 0 aliphatic rings. The van der Waals surface area contributed by atoms with Crippen LogP contribution in [0, 0.1) is 0 Å². The highest BCUT2D eigenvalue weighted by Gasteiger charge is 2.17. The van der Waals surface area contributed by atoms with Crippen molar-refractivity contribution in [2.75, 3.05) is 18.8 Å². The third-order valence-corrected chi connectivity index (χ3v) is 6.58. The van der Waals surface area contributed by atoms with Crippen LogP contribution in [0.25, 0.3) is 5.65 Å². The predicted molar refractivity (Wildman–Crippen MR) is 123 cm³/mol. The second kappa shape index (κ2) is 9.47. The van der Waals surface area contributed by atoms with Crippen LogP contribution in [0.1, 0.15) is 39.1 Å². The van der Waals surface area contributed by atoms with Crippen LogP contribution in [0.2, 0.25) is 0 Å². The lowest BCUT2D eigenvalue weighted by Crippen LogP contribution is -2.39. The molecule has 0 amide bonds. The minimum atomic E-state index is -3.39. The molecule has 3 rings (SSSR count). The highest BCUT2D eigenvalue weighted by Crippen LogP contribution is 2.23. The number of rotatable bonds is 7. The van der Waals surface area contributed by atoms with E-state index in [1.54, 1.807) is 12.1 Å². The quantitative estimate of drug-likeness (QED) is 0.431. The zero-order valence-electron chi connectivity index (χ0n) is 18.5. The molecule has 2 heterocycles. The van der Waals surface area contributed by atoms with E-state index in [4.69, 9.17) is 0 Å². The van der Waals surface area contributed by atoms with Crippen molar-refractivity contribution in [3.8, 4) is 0 Å². The smallest absolute Gasteiger partial charge is 0.191 e. The van der Waals surface area contributed by atoms with Gasteiger partial charge in [-0.25, -0.2) is 13.4 Å². The Morgan fingerprint density at radius 3 is 2.48 bits per heavy atom. The van der Waals surface area contributed by atoms with Gasteiger partial charge in [-0.3, -0.25) is 4.40 Å². The van der Waals surface area contributed by atoms with Gasteiger partial charge in [0.1, 0.15) is 6.54 Å². The van der Waals surface area contributed by atoms with E-state index in [1.807, 2.05) is 47.9 Å². The Kier molecular flexibility index (Phi) is 6.94. The van der Waals surface area contributed by atoms with Crippen LogP contribution >= 0.6 is 0 Å². The molecule has 8 nitrogen and oxygen atoms in total. The topological polar surface area (TPSA) is 101 Å². The summed E-state index contributed by atoms with van der Waals surface area (Å²) >= 11 is 0. The summed E-state index contributed by atoms with van der Waals surface area (Å²) in [6.45, 7) is 9.49. The molecular weight excluding hydrogens is 412 g/mol. The molecule has 3 aromatic rings. The highest BCUT2D eigenvalue weighted by atomic mass is 32.2. The fourth-order valence-corrected chi connectivity index (χ4v) is 4.23. The Bertz CT molecular complexity index is 1140. The first-order valence-electron chi connectivity index (χ1n) is 10.3. The molecule has 0 aliphatic heterocycles. The lowest BCUT2D eigenvalue weighted by Gasteiger charge is -2.19. The summed E-state index contributed by atoms with van der Waals surface area (Å²) in [5, 5.41) is 14.5. The van der Waals surface area contributed by atoms with Crippen LogP contribution in [0.15, 0.2) is 58.5 Å². The zero-order chi connectivity index (χ0) is 22.5. The molecule has 0 saturated heterocycles. The van der Waals surface area contributed by atoms with Crippen LogP contribution < -0.4 is 10.6 Å². The van der Waals surface area contributed by atoms with Crippen molar-refractivity contribution in [3.63, 3.8) is 0 Å². The van der Waals surface area contributed by atoms with Crippen LogP contribution in [0.4, 0.5) is 0 Å². The zero-order valence-corrected chi connectivity index (χ0v) is 19.3. The Hall–Kier alpha value is -2.94. The summed E-state index contributed by atoms with van der Waals surface area (Å²) in [6.07, 6.45) is 1.89. The van der Waals surface area contributed by atoms with E-state index in [-0.39, 0.29) is 17.7 Å². The fraction of sp³-hybridized carbons (Fsp3) is 0.409. The summed E-state index contributed by atoms with van der Waals surface area (Å²) in [7, 11) is -3.39. The minimum absolute atomic E-state index is 0.0171. The van der Waals surface area contributed by atoms with E-state index < -0.39 is 9.84 Å². The van der Waals surface area contributed by atoms with E-state index >= 15 is 0 Å². The van der Waals surface area contributed by atoms with Gasteiger partial charge < -0.3 is 10.6 Å². The fourth-order valence-electron chi connectivity index (χ4n) is 3.07. The standard InChI is InChI=1S/C22H30N6O2S/c1-5-23-21(25-16-20-27-26-19-8-6-7-14-28(19)20)24-13-15-31(29,30)18-11-9-17(10-12-18)22(2,3)4/h6-12,14H,5,13,15-16H2,1-4H3,(H2,23,24,25). The molecule has 0 aliphatic carbocycles. The average Bonchev–Trinajstić information content (AvgIpc) is 3.14. The van der Waals surface area contributed by atoms with E-state index in [0.29, 0.717) is 29.8 Å². The predicted octanol–water partition coefficient (Wildman–Crippen LogP) is 2.56. The first kappa shape index (κ1) is 22.7. The van der Waals surface area contributed by atoms with Crippen LogP contribution in [0.3, 0.4) is 0 Å². The number of pyridine rings is 1. The summed E-state index contributed by atoms with van der Waals surface area (Å²) in [6, 6.07) is 12.8. The number of benzene rings is 1. The third-order valence-electron chi connectivity index (χ3n) is 4.85. The Labute approximate surface area is 183 Å². The molecule has 0 fully saturated rings. The Morgan fingerprint density at radius 1 is 1.06 bits per heavy atom. The van der Waals surface area contributed by atoms with Crippen molar-refractivity contribution >= 4 is 21.4 Å². The van der Waals surface area contributed by atoms with Crippen LogP contribution in [0.5, 0.6) is 0 Å². The Morgan fingerprint density at radius 2 is 1.81 bits per heavy atom. The number of hydrogen-bond acceptors (Lipinski definition) is 5. The number of aromatic nitrogens is 3. The van der Waals surface area contributed by atoms with Gasteiger partial charge in [0.2, 0.25) is 0 Å². The third kappa shape index (κ3) is 5.81. The van der Waals surface area contributed by atoms with E-state index in [0.717, 1.165) is 11.2 Å². The van der Waals surface area contributed by atoms with Gasteiger partial charge in [0.25, 0.3) is 0 Å². The van der Waals surface area contributed by atoms with Gasteiger partial charge in [-0.1, -0.05) is 39.0 Å². The number of nitrogens with one attached hydrogen (secondary N) is 2. The van der Waals surface area contributed by atoms with Crippen molar-refractivity contribution in [1.82, 2.24) is 25.2 Å². The van der Waals surface area contributed by atoms with Crippen LogP contribution in [-0.2, 0) is 21.8 Å². The summed E-state index contributed by atoms with van der Waals surface area (Å²) in [5.74, 6) is 1.22. The average molecular weight is 443 g/mol. The van der Waals surface area contributed by atoms with Gasteiger partial charge in [0, 0.05) is 19.3 Å². The van der Waals surface area contributed by atoms with Crippen molar-refractivity contribution in [2.24, 2.45) is 4.99 Å². The summed E-state index contributed by atoms with van der Waals surface area (Å²) in [4.78, 5) is 4.85. The molecule has 9 heteroatoms. The second-order valence-corrected chi connectivity index (χ2v) is 10.4. The van der Waals surface area contributed by atoms with Crippen molar-refractivity contribution in [1.29, 1.82) is 0 Å². The maximum Gasteiger partial charge on any atom is 0.191 e. The SMILES string of the molecule is CCNC(=NCc1nnc2ccccn12)NCCS(=O)(=O)c1ccc(C(C)(C)C)cc1.